The molecule has 0 radical (unpaired) electrons. The van der Waals surface area contributed by atoms with Crippen LogP contribution >= 0.6 is 27.5 Å². The monoisotopic (exact) mass is 244 g/mol. The molecule has 0 saturated heterocycles. The van der Waals surface area contributed by atoms with E-state index in [1.807, 2.05) is 13.2 Å². The van der Waals surface area contributed by atoms with Gasteiger partial charge in [0, 0.05) is 13.2 Å². The topological polar surface area (TPSA) is 43.6 Å². The largest absolute Gasteiger partial charge is 0.275 e. The Morgan fingerprint density at radius 2 is 2.42 bits per heavy atom. The zero-order valence-electron chi connectivity index (χ0n) is 6.23. The number of rotatable bonds is 1. The van der Waals surface area contributed by atoms with E-state index < -0.39 is 0 Å². The maximum Gasteiger partial charge on any atom is 0.179 e. The van der Waals surface area contributed by atoms with Crippen LogP contribution < -0.4 is 0 Å². The van der Waals surface area contributed by atoms with Crippen molar-refractivity contribution in [2.24, 2.45) is 7.05 Å². The van der Waals surface area contributed by atoms with Crippen molar-refractivity contribution in [1.29, 1.82) is 0 Å². The summed E-state index contributed by atoms with van der Waals surface area (Å²) in [6, 6.07) is 0. The molecule has 0 spiro atoms. The lowest BCUT2D eigenvalue weighted by Crippen LogP contribution is -1.84. The Balaban J connectivity index is 2.43. The Bertz CT molecular complexity index is 355. The van der Waals surface area contributed by atoms with Crippen LogP contribution in [-0.4, -0.2) is 19.1 Å². The molecule has 12 heavy (non-hydrogen) atoms. The third-order valence-corrected chi connectivity index (χ3v) is 2.48. The maximum absolute atomic E-state index is 4.16. The predicted molar refractivity (Wildman–Crippen MR) is 49.8 cm³/mol. The first-order valence-corrected chi connectivity index (χ1v) is 4.80. The molecule has 4 nitrogen and oxygen atoms in total. The Labute approximate surface area is 81.5 Å². The summed E-state index contributed by atoms with van der Waals surface area (Å²) in [4.78, 5) is 4.16. The first kappa shape index (κ1) is 7.88. The highest BCUT2D eigenvalue weighted by Gasteiger charge is 2.05. The molecule has 0 bridgehead atoms. The Kier molecular flexibility index (Phi) is 1.93. The fourth-order valence-electron chi connectivity index (χ4n) is 0.859. The molecular formula is C6H5BrN4S. The SMILES string of the molecule is Cn1cc(-c2nsc(Br)n2)cn1. The van der Waals surface area contributed by atoms with Crippen molar-refractivity contribution in [3.63, 3.8) is 0 Å². The molecule has 0 saturated carbocycles. The Hall–Kier alpha value is -0.750. The van der Waals surface area contributed by atoms with Crippen LogP contribution in [0.15, 0.2) is 16.3 Å². The number of hydrogen-bond donors (Lipinski definition) is 0. The second kappa shape index (κ2) is 2.95. The van der Waals surface area contributed by atoms with E-state index in [1.54, 1.807) is 10.9 Å². The third kappa shape index (κ3) is 1.39. The maximum atomic E-state index is 4.16. The van der Waals surface area contributed by atoms with Gasteiger partial charge in [0.2, 0.25) is 0 Å². The Morgan fingerprint density at radius 3 is 2.92 bits per heavy atom. The van der Waals surface area contributed by atoms with Crippen molar-refractivity contribution < 1.29 is 0 Å². The minimum absolute atomic E-state index is 0.722. The van der Waals surface area contributed by atoms with Crippen LogP contribution in [0.2, 0.25) is 0 Å². The van der Waals surface area contributed by atoms with Crippen molar-refractivity contribution in [3.05, 3.63) is 16.3 Å². The van der Waals surface area contributed by atoms with Crippen molar-refractivity contribution in [2.45, 2.75) is 0 Å². The van der Waals surface area contributed by atoms with E-state index in [2.05, 4.69) is 30.4 Å². The van der Waals surface area contributed by atoms with Gasteiger partial charge in [0.15, 0.2) is 9.74 Å². The number of halogens is 1. The number of nitrogens with zero attached hydrogens (tertiary/aromatic N) is 4. The van der Waals surface area contributed by atoms with Crippen LogP contribution in [0.25, 0.3) is 11.4 Å². The van der Waals surface area contributed by atoms with Crippen molar-refractivity contribution in [1.82, 2.24) is 19.1 Å². The van der Waals surface area contributed by atoms with E-state index in [-0.39, 0.29) is 0 Å². The number of aryl methyl sites for hydroxylation is 1. The predicted octanol–water partition coefficient (Wildman–Crippen LogP) is 1.70. The molecule has 2 heterocycles. The van der Waals surface area contributed by atoms with Crippen molar-refractivity contribution in [2.75, 3.05) is 0 Å². The van der Waals surface area contributed by atoms with Crippen LogP contribution in [0.3, 0.4) is 0 Å². The van der Waals surface area contributed by atoms with Crippen LogP contribution in [0.5, 0.6) is 0 Å². The second-order valence-corrected chi connectivity index (χ2v) is 4.30. The molecule has 0 aromatic carbocycles. The fraction of sp³-hybridized carbons (Fsp3) is 0.167. The first-order chi connectivity index (χ1) is 5.75. The third-order valence-electron chi connectivity index (χ3n) is 1.36. The van der Waals surface area contributed by atoms with Gasteiger partial charge in [-0.1, -0.05) is 0 Å². The smallest absolute Gasteiger partial charge is 0.179 e. The average molecular weight is 245 g/mol. The number of aromatic nitrogens is 4. The highest BCUT2D eigenvalue weighted by Crippen LogP contribution is 2.20. The minimum Gasteiger partial charge on any atom is -0.275 e. The lowest BCUT2D eigenvalue weighted by Gasteiger charge is -1.83. The molecule has 0 atom stereocenters. The molecule has 0 amide bonds. The zero-order chi connectivity index (χ0) is 8.55. The van der Waals surface area contributed by atoms with E-state index in [0.717, 1.165) is 15.3 Å². The van der Waals surface area contributed by atoms with E-state index in [1.165, 1.54) is 11.5 Å². The van der Waals surface area contributed by atoms with Gasteiger partial charge in [0.25, 0.3) is 0 Å². The molecule has 2 aromatic heterocycles. The van der Waals surface area contributed by atoms with Gasteiger partial charge in [0.1, 0.15) is 0 Å². The summed E-state index contributed by atoms with van der Waals surface area (Å²) in [5, 5.41) is 4.03. The van der Waals surface area contributed by atoms with Crippen LogP contribution in [0, 0.1) is 0 Å². The lowest BCUT2D eigenvalue weighted by molar-refractivity contribution is 0.768. The second-order valence-electron chi connectivity index (χ2n) is 2.27. The van der Waals surface area contributed by atoms with E-state index in [9.17, 15) is 0 Å². The highest BCUT2D eigenvalue weighted by molar-refractivity contribution is 9.11. The summed E-state index contributed by atoms with van der Waals surface area (Å²) >= 11 is 4.58. The normalized spacial score (nSPS) is 10.5. The van der Waals surface area contributed by atoms with Gasteiger partial charge in [-0.3, -0.25) is 4.68 Å². The summed E-state index contributed by atoms with van der Waals surface area (Å²) < 4.78 is 6.65. The first-order valence-electron chi connectivity index (χ1n) is 3.24. The molecule has 62 valence electrons. The van der Waals surface area contributed by atoms with Gasteiger partial charge in [-0.05, 0) is 27.5 Å². The molecule has 0 aliphatic rings. The minimum atomic E-state index is 0.722. The van der Waals surface area contributed by atoms with Crippen LogP contribution in [0.1, 0.15) is 0 Å². The average Bonchev–Trinajstić information content (AvgIpc) is 2.58. The lowest BCUT2D eigenvalue weighted by atomic mass is 10.3. The summed E-state index contributed by atoms with van der Waals surface area (Å²) in [5.74, 6) is 0.722. The van der Waals surface area contributed by atoms with Crippen LogP contribution in [-0.2, 0) is 7.05 Å². The molecule has 2 aromatic rings. The molecule has 0 unspecified atom stereocenters. The molecule has 0 aliphatic carbocycles. The van der Waals surface area contributed by atoms with Gasteiger partial charge in [-0.25, -0.2) is 4.98 Å². The van der Waals surface area contributed by atoms with Gasteiger partial charge < -0.3 is 0 Å². The number of hydrogen-bond acceptors (Lipinski definition) is 4. The summed E-state index contributed by atoms with van der Waals surface area (Å²) in [6.45, 7) is 0. The van der Waals surface area contributed by atoms with E-state index >= 15 is 0 Å². The quantitative estimate of drug-likeness (QED) is 0.768. The molecule has 0 aliphatic heterocycles. The molecular weight excluding hydrogens is 240 g/mol. The highest BCUT2D eigenvalue weighted by atomic mass is 79.9. The molecule has 2 rings (SSSR count). The summed E-state index contributed by atoms with van der Waals surface area (Å²) in [7, 11) is 1.87. The molecule has 0 fully saturated rings. The van der Waals surface area contributed by atoms with Gasteiger partial charge >= 0.3 is 0 Å². The summed E-state index contributed by atoms with van der Waals surface area (Å²) in [5.41, 5.74) is 0.944. The Morgan fingerprint density at radius 1 is 1.58 bits per heavy atom. The van der Waals surface area contributed by atoms with Crippen molar-refractivity contribution in [3.8, 4) is 11.4 Å². The molecule has 0 N–H and O–H groups in total. The van der Waals surface area contributed by atoms with Gasteiger partial charge in [-0.2, -0.15) is 9.47 Å². The van der Waals surface area contributed by atoms with Gasteiger partial charge in [-0.15, -0.1) is 0 Å². The standard InChI is InChI=1S/C6H5BrN4S/c1-11-3-4(2-8-11)5-9-6(7)12-10-5/h2-3H,1H3. The van der Waals surface area contributed by atoms with Crippen molar-refractivity contribution >= 4 is 27.5 Å². The van der Waals surface area contributed by atoms with Crippen LogP contribution in [0.4, 0.5) is 0 Å². The van der Waals surface area contributed by atoms with E-state index in [0.29, 0.717) is 0 Å². The summed E-state index contributed by atoms with van der Waals surface area (Å²) in [6.07, 6.45) is 3.63. The van der Waals surface area contributed by atoms with Gasteiger partial charge in [0.05, 0.1) is 11.8 Å². The fourth-order valence-corrected chi connectivity index (χ4v) is 1.68. The molecule has 6 heteroatoms. The zero-order valence-corrected chi connectivity index (χ0v) is 8.63. The van der Waals surface area contributed by atoms with E-state index in [4.69, 9.17) is 0 Å².